The molecule has 90 valence electrons. The molecule has 0 aromatic heterocycles. The molecule has 0 spiro atoms. The molecule has 3 heteroatoms. The zero-order chi connectivity index (χ0) is 11.4. The first-order valence-electron chi connectivity index (χ1n) is 6.04. The fourth-order valence-electron chi connectivity index (χ4n) is 1.11. The molecule has 3 nitrogen and oxygen atoms in total. The SMILES string of the molecule is CCCCCOCCC(=O)OCCCC. The summed E-state index contributed by atoms with van der Waals surface area (Å²) in [6, 6.07) is 0. The maximum Gasteiger partial charge on any atom is 0.308 e. The number of rotatable bonds is 10. The van der Waals surface area contributed by atoms with Gasteiger partial charge in [0.15, 0.2) is 0 Å². The third-order valence-corrected chi connectivity index (χ3v) is 2.10. The predicted octanol–water partition coefficient (Wildman–Crippen LogP) is 2.93. The van der Waals surface area contributed by atoms with Gasteiger partial charge in [-0.05, 0) is 12.8 Å². The lowest BCUT2D eigenvalue weighted by atomic mass is 10.3. The number of hydrogen-bond donors (Lipinski definition) is 0. The molecule has 0 radical (unpaired) electrons. The van der Waals surface area contributed by atoms with Crippen molar-refractivity contribution in [3.05, 3.63) is 0 Å². The van der Waals surface area contributed by atoms with Crippen molar-refractivity contribution < 1.29 is 14.3 Å². The summed E-state index contributed by atoms with van der Waals surface area (Å²) in [7, 11) is 0. The van der Waals surface area contributed by atoms with E-state index in [1.165, 1.54) is 12.8 Å². The first-order valence-corrected chi connectivity index (χ1v) is 6.04. The molecule has 0 saturated heterocycles. The molecule has 0 amide bonds. The van der Waals surface area contributed by atoms with E-state index >= 15 is 0 Å². The van der Waals surface area contributed by atoms with Gasteiger partial charge in [0.2, 0.25) is 0 Å². The molecular formula is C12H24O3. The summed E-state index contributed by atoms with van der Waals surface area (Å²) in [4.78, 5) is 11.1. The Morgan fingerprint density at radius 3 is 2.33 bits per heavy atom. The van der Waals surface area contributed by atoms with Crippen LogP contribution in [0.4, 0.5) is 0 Å². The molecule has 0 aliphatic rings. The second kappa shape index (κ2) is 11.5. The minimum atomic E-state index is -0.140. The Hall–Kier alpha value is -0.570. The Morgan fingerprint density at radius 2 is 1.67 bits per heavy atom. The lowest BCUT2D eigenvalue weighted by Gasteiger charge is -2.04. The zero-order valence-electron chi connectivity index (χ0n) is 10.1. The molecule has 0 unspecified atom stereocenters. The van der Waals surface area contributed by atoms with E-state index in [4.69, 9.17) is 9.47 Å². The van der Waals surface area contributed by atoms with Gasteiger partial charge in [-0.2, -0.15) is 0 Å². The Bertz CT molecular complexity index is 146. The van der Waals surface area contributed by atoms with Crippen molar-refractivity contribution in [3.63, 3.8) is 0 Å². The van der Waals surface area contributed by atoms with Crippen molar-refractivity contribution in [2.75, 3.05) is 19.8 Å². The van der Waals surface area contributed by atoms with Gasteiger partial charge in [-0.1, -0.05) is 33.1 Å². The number of esters is 1. The normalized spacial score (nSPS) is 10.3. The Labute approximate surface area is 93.1 Å². The van der Waals surface area contributed by atoms with E-state index in [9.17, 15) is 4.79 Å². The van der Waals surface area contributed by atoms with Crippen LogP contribution in [0.1, 0.15) is 52.4 Å². The van der Waals surface area contributed by atoms with Gasteiger partial charge in [-0.25, -0.2) is 0 Å². The van der Waals surface area contributed by atoms with Crippen LogP contribution in [0.5, 0.6) is 0 Å². The first-order chi connectivity index (χ1) is 7.31. The fraction of sp³-hybridized carbons (Fsp3) is 0.917. The van der Waals surface area contributed by atoms with Gasteiger partial charge in [0, 0.05) is 6.61 Å². The van der Waals surface area contributed by atoms with Crippen LogP contribution < -0.4 is 0 Å². The average molecular weight is 216 g/mol. The van der Waals surface area contributed by atoms with Crippen molar-refractivity contribution in [1.82, 2.24) is 0 Å². The van der Waals surface area contributed by atoms with E-state index in [1.54, 1.807) is 0 Å². The summed E-state index contributed by atoms with van der Waals surface area (Å²) >= 11 is 0. The van der Waals surface area contributed by atoms with E-state index in [0.717, 1.165) is 25.9 Å². The highest BCUT2D eigenvalue weighted by molar-refractivity contribution is 5.69. The van der Waals surface area contributed by atoms with E-state index in [0.29, 0.717) is 19.6 Å². The number of unbranched alkanes of at least 4 members (excludes halogenated alkanes) is 3. The topological polar surface area (TPSA) is 35.5 Å². The van der Waals surface area contributed by atoms with Gasteiger partial charge in [-0.3, -0.25) is 4.79 Å². The second-order valence-corrected chi connectivity index (χ2v) is 3.64. The standard InChI is InChI=1S/C12H24O3/c1-3-5-7-9-14-11-8-12(13)15-10-6-4-2/h3-11H2,1-2H3. The summed E-state index contributed by atoms with van der Waals surface area (Å²) in [5.74, 6) is -0.140. The van der Waals surface area contributed by atoms with Crippen LogP contribution in [0.15, 0.2) is 0 Å². The van der Waals surface area contributed by atoms with Crippen molar-refractivity contribution >= 4 is 5.97 Å². The predicted molar refractivity (Wildman–Crippen MR) is 60.8 cm³/mol. The maximum absolute atomic E-state index is 11.1. The van der Waals surface area contributed by atoms with Gasteiger partial charge in [0.25, 0.3) is 0 Å². The number of carbonyl (C=O) groups is 1. The number of ether oxygens (including phenoxy) is 2. The summed E-state index contributed by atoms with van der Waals surface area (Å²) < 4.78 is 10.3. The van der Waals surface area contributed by atoms with Gasteiger partial charge >= 0.3 is 5.97 Å². The molecule has 0 aromatic rings. The van der Waals surface area contributed by atoms with Gasteiger partial charge < -0.3 is 9.47 Å². The minimum Gasteiger partial charge on any atom is -0.466 e. The highest BCUT2D eigenvalue weighted by Crippen LogP contribution is 1.96. The van der Waals surface area contributed by atoms with Gasteiger partial charge in [0.05, 0.1) is 19.6 Å². The summed E-state index contributed by atoms with van der Waals surface area (Å²) in [5, 5.41) is 0. The van der Waals surface area contributed by atoms with Crippen LogP contribution in [0.3, 0.4) is 0 Å². The number of hydrogen-bond acceptors (Lipinski definition) is 3. The van der Waals surface area contributed by atoms with Crippen molar-refractivity contribution in [2.24, 2.45) is 0 Å². The molecule has 0 heterocycles. The molecule has 0 atom stereocenters. The van der Waals surface area contributed by atoms with E-state index < -0.39 is 0 Å². The molecule has 0 bridgehead atoms. The second-order valence-electron chi connectivity index (χ2n) is 3.64. The van der Waals surface area contributed by atoms with Crippen LogP contribution in [0, 0.1) is 0 Å². The van der Waals surface area contributed by atoms with E-state index in [-0.39, 0.29) is 5.97 Å². The van der Waals surface area contributed by atoms with Crippen molar-refractivity contribution in [3.8, 4) is 0 Å². The molecule has 0 aliphatic carbocycles. The quantitative estimate of drug-likeness (QED) is 0.416. The number of carbonyl (C=O) groups excluding carboxylic acids is 1. The Morgan fingerprint density at radius 1 is 0.933 bits per heavy atom. The minimum absolute atomic E-state index is 0.140. The lowest BCUT2D eigenvalue weighted by molar-refractivity contribution is -0.144. The zero-order valence-corrected chi connectivity index (χ0v) is 10.1. The largest absolute Gasteiger partial charge is 0.466 e. The summed E-state index contributed by atoms with van der Waals surface area (Å²) in [5.41, 5.74) is 0. The first kappa shape index (κ1) is 14.4. The molecule has 0 aliphatic heterocycles. The van der Waals surface area contributed by atoms with Gasteiger partial charge in [-0.15, -0.1) is 0 Å². The molecule has 0 aromatic carbocycles. The average Bonchev–Trinajstić information content (AvgIpc) is 2.23. The summed E-state index contributed by atoms with van der Waals surface area (Å²) in [6.07, 6.45) is 5.87. The van der Waals surface area contributed by atoms with Crippen LogP contribution in [-0.2, 0) is 14.3 Å². The molecule has 0 fully saturated rings. The third kappa shape index (κ3) is 11.4. The van der Waals surface area contributed by atoms with Crippen LogP contribution in [-0.4, -0.2) is 25.8 Å². The molecule has 0 saturated carbocycles. The summed E-state index contributed by atoms with van der Waals surface area (Å²) in [6.45, 7) is 6.03. The van der Waals surface area contributed by atoms with Crippen molar-refractivity contribution in [1.29, 1.82) is 0 Å². The van der Waals surface area contributed by atoms with E-state index in [1.807, 2.05) is 0 Å². The van der Waals surface area contributed by atoms with Crippen LogP contribution in [0.25, 0.3) is 0 Å². The fourth-order valence-corrected chi connectivity index (χ4v) is 1.11. The lowest BCUT2D eigenvalue weighted by Crippen LogP contribution is -2.09. The smallest absolute Gasteiger partial charge is 0.308 e. The molecule has 0 N–H and O–H groups in total. The maximum atomic E-state index is 11.1. The monoisotopic (exact) mass is 216 g/mol. The molecule has 15 heavy (non-hydrogen) atoms. The Kier molecular flexibility index (Phi) is 11.1. The highest BCUT2D eigenvalue weighted by Gasteiger charge is 2.01. The van der Waals surface area contributed by atoms with Gasteiger partial charge in [0.1, 0.15) is 0 Å². The van der Waals surface area contributed by atoms with Crippen LogP contribution >= 0.6 is 0 Å². The molecular weight excluding hydrogens is 192 g/mol. The molecule has 0 rings (SSSR count). The van der Waals surface area contributed by atoms with Crippen LogP contribution in [0.2, 0.25) is 0 Å². The highest BCUT2D eigenvalue weighted by atomic mass is 16.5. The third-order valence-electron chi connectivity index (χ3n) is 2.10. The Balaban J connectivity index is 3.10. The van der Waals surface area contributed by atoms with E-state index in [2.05, 4.69) is 13.8 Å². The van der Waals surface area contributed by atoms with Crippen molar-refractivity contribution in [2.45, 2.75) is 52.4 Å².